The molecule has 0 atom stereocenters. The van der Waals surface area contributed by atoms with Crippen molar-refractivity contribution in [2.24, 2.45) is 4.99 Å². The van der Waals surface area contributed by atoms with Gasteiger partial charge in [0, 0.05) is 18.5 Å². The van der Waals surface area contributed by atoms with Crippen molar-refractivity contribution in [1.29, 1.82) is 0 Å². The Labute approximate surface area is 150 Å². The van der Waals surface area contributed by atoms with Crippen LogP contribution in [0.15, 0.2) is 29.3 Å². The molecule has 1 aromatic carbocycles. The van der Waals surface area contributed by atoms with Gasteiger partial charge in [-0.1, -0.05) is 12.1 Å². The summed E-state index contributed by atoms with van der Waals surface area (Å²) in [6, 6.07) is 7.06. The van der Waals surface area contributed by atoms with Crippen LogP contribution in [-0.4, -0.2) is 31.0 Å². The van der Waals surface area contributed by atoms with Crippen LogP contribution in [0.25, 0.3) is 0 Å². The zero-order valence-corrected chi connectivity index (χ0v) is 15.3. The Kier molecular flexibility index (Phi) is 7.12. The average molecular weight is 368 g/mol. The molecule has 8 heteroatoms. The number of thiazole rings is 1. The van der Waals surface area contributed by atoms with Crippen molar-refractivity contribution < 1.29 is 13.5 Å². The number of aromatic nitrogens is 1. The first-order valence-electron chi connectivity index (χ1n) is 7.85. The number of nitrogens with one attached hydrogen (secondary N) is 2. The van der Waals surface area contributed by atoms with Crippen LogP contribution >= 0.6 is 11.3 Å². The van der Waals surface area contributed by atoms with Crippen LogP contribution < -0.4 is 15.4 Å². The van der Waals surface area contributed by atoms with E-state index < -0.39 is 13.0 Å². The average Bonchev–Trinajstić information content (AvgIpc) is 2.91. The minimum absolute atomic E-state index is 0.427. The molecule has 0 aliphatic carbocycles. The molecule has 1 aromatic heterocycles. The van der Waals surface area contributed by atoms with Gasteiger partial charge in [0.15, 0.2) is 5.96 Å². The van der Waals surface area contributed by atoms with E-state index in [-0.39, 0.29) is 0 Å². The molecule has 5 nitrogen and oxygen atoms in total. The third kappa shape index (κ3) is 6.30. The van der Waals surface area contributed by atoms with Crippen LogP contribution in [0.1, 0.15) is 21.1 Å². The lowest BCUT2D eigenvalue weighted by atomic mass is 10.2. The SMILES string of the molecule is CN=C(NCc1cccc(OCC(F)F)c1)NCc1nc(C)c(C)s1. The largest absolute Gasteiger partial charge is 0.488 e. The Morgan fingerprint density at radius 3 is 2.68 bits per heavy atom. The number of aliphatic imine (C=N–C) groups is 1. The van der Waals surface area contributed by atoms with Gasteiger partial charge in [-0.3, -0.25) is 4.99 Å². The fraction of sp³-hybridized carbons (Fsp3) is 0.412. The van der Waals surface area contributed by atoms with E-state index >= 15 is 0 Å². The van der Waals surface area contributed by atoms with Gasteiger partial charge < -0.3 is 15.4 Å². The van der Waals surface area contributed by atoms with Gasteiger partial charge in [0.25, 0.3) is 6.43 Å². The molecule has 2 aromatic rings. The first kappa shape index (κ1) is 19.1. The van der Waals surface area contributed by atoms with E-state index in [1.54, 1.807) is 36.6 Å². The molecular formula is C17H22F2N4OS. The summed E-state index contributed by atoms with van der Waals surface area (Å²) < 4.78 is 29.4. The molecule has 2 N–H and O–H groups in total. The molecule has 0 aliphatic rings. The second-order valence-electron chi connectivity index (χ2n) is 5.38. The maximum absolute atomic E-state index is 12.2. The lowest BCUT2D eigenvalue weighted by Gasteiger charge is -2.12. The maximum Gasteiger partial charge on any atom is 0.272 e. The summed E-state index contributed by atoms with van der Waals surface area (Å²) in [6.45, 7) is 4.53. The van der Waals surface area contributed by atoms with Crippen LogP contribution in [0, 0.1) is 13.8 Å². The van der Waals surface area contributed by atoms with Gasteiger partial charge >= 0.3 is 0 Å². The molecule has 25 heavy (non-hydrogen) atoms. The quantitative estimate of drug-likeness (QED) is 0.582. The Morgan fingerprint density at radius 2 is 2.04 bits per heavy atom. The number of nitrogens with zero attached hydrogens (tertiary/aromatic N) is 2. The number of hydrogen-bond donors (Lipinski definition) is 2. The van der Waals surface area contributed by atoms with E-state index in [2.05, 4.69) is 20.6 Å². The van der Waals surface area contributed by atoms with Gasteiger partial charge in [-0.25, -0.2) is 13.8 Å². The molecule has 0 saturated heterocycles. The first-order valence-corrected chi connectivity index (χ1v) is 8.67. The number of halogens is 2. The number of rotatable bonds is 7. The van der Waals surface area contributed by atoms with Crippen molar-refractivity contribution >= 4 is 17.3 Å². The molecule has 0 spiro atoms. The van der Waals surface area contributed by atoms with Crippen LogP contribution in [0.5, 0.6) is 5.75 Å². The number of hydrogen-bond acceptors (Lipinski definition) is 4. The lowest BCUT2D eigenvalue weighted by Crippen LogP contribution is -2.36. The van der Waals surface area contributed by atoms with Gasteiger partial charge in [0.05, 0.1) is 12.2 Å². The topological polar surface area (TPSA) is 58.5 Å². The number of benzene rings is 1. The van der Waals surface area contributed by atoms with Gasteiger partial charge in [0.1, 0.15) is 17.4 Å². The Balaban J connectivity index is 1.84. The third-order valence-corrected chi connectivity index (χ3v) is 4.51. The number of aryl methyl sites for hydroxylation is 2. The lowest BCUT2D eigenvalue weighted by molar-refractivity contribution is 0.0818. The summed E-state index contributed by atoms with van der Waals surface area (Å²) >= 11 is 1.66. The van der Waals surface area contributed by atoms with Gasteiger partial charge in [-0.15, -0.1) is 11.3 Å². The van der Waals surface area contributed by atoms with Crippen molar-refractivity contribution in [3.63, 3.8) is 0 Å². The molecule has 1 heterocycles. The van der Waals surface area contributed by atoms with Crippen LogP contribution in [0.4, 0.5) is 8.78 Å². The molecule has 0 fully saturated rings. The van der Waals surface area contributed by atoms with Crippen molar-refractivity contribution in [3.8, 4) is 5.75 Å². The second-order valence-corrected chi connectivity index (χ2v) is 6.67. The molecule has 0 saturated carbocycles. The van der Waals surface area contributed by atoms with Gasteiger partial charge in [-0.2, -0.15) is 0 Å². The summed E-state index contributed by atoms with van der Waals surface area (Å²) in [5.41, 5.74) is 1.96. The van der Waals surface area contributed by atoms with E-state index in [1.165, 1.54) is 4.88 Å². The molecule has 2 rings (SSSR count). The van der Waals surface area contributed by atoms with Gasteiger partial charge in [-0.05, 0) is 31.5 Å². The normalized spacial score (nSPS) is 11.7. The second kappa shape index (κ2) is 9.31. The van der Waals surface area contributed by atoms with Crippen LogP contribution in [-0.2, 0) is 13.1 Å². The third-order valence-electron chi connectivity index (χ3n) is 3.44. The summed E-state index contributed by atoms with van der Waals surface area (Å²) in [5.74, 6) is 1.07. The molecule has 0 radical (unpaired) electrons. The monoisotopic (exact) mass is 368 g/mol. The highest BCUT2D eigenvalue weighted by Crippen LogP contribution is 2.16. The van der Waals surface area contributed by atoms with E-state index in [9.17, 15) is 8.78 Å². The predicted molar refractivity (Wildman–Crippen MR) is 96.6 cm³/mol. The highest BCUT2D eigenvalue weighted by atomic mass is 32.1. The van der Waals surface area contributed by atoms with Crippen LogP contribution in [0.2, 0.25) is 0 Å². The van der Waals surface area contributed by atoms with E-state index in [0.29, 0.717) is 24.8 Å². The smallest absolute Gasteiger partial charge is 0.272 e. The number of guanidine groups is 1. The minimum atomic E-state index is -2.48. The summed E-state index contributed by atoms with van der Waals surface area (Å²) in [5, 5.41) is 7.39. The summed E-state index contributed by atoms with van der Waals surface area (Å²) in [4.78, 5) is 9.86. The number of alkyl halides is 2. The molecule has 136 valence electrons. The van der Waals surface area contributed by atoms with Crippen molar-refractivity contribution in [3.05, 3.63) is 45.4 Å². The predicted octanol–water partition coefficient (Wildman–Crippen LogP) is 3.27. The Hall–Kier alpha value is -2.22. The Morgan fingerprint density at radius 1 is 1.28 bits per heavy atom. The van der Waals surface area contributed by atoms with Crippen molar-refractivity contribution in [2.75, 3.05) is 13.7 Å². The van der Waals surface area contributed by atoms with Crippen molar-refractivity contribution in [2.45, 2.75) is 33.4 Å². The fourth-order valence-corrected chi connectivity index (χ4v) is 2.96. The zero-order chi connectivity index (χ0) is 18.2. The van der Waals surface area contributed by atoms with E-state index in [0.717, 1.165) is 16.3 Å². The highest BCUT2D eigenvalue weighted by molar-refractivity contribution is 7.11. The van der Waals surface area contributed by atoms with Crippen molar-refractivity contribution in [1.82, 2.24) is 15.6 Å². The summed E-state index contributed by atoms with van der Waals surface area (Å²) in [6.07, 6.45) is -2.48. The maximum atomic E-state index is 12.2. The fourth-order valence-electron chi connectivity index (χ4n) is 2.08. The molecule has 0 bridgehead atoms. The molecule has 0 unspecified atom stereocenters. The van der Waals surface area contributed by atoms with Crippen LogP contribution in [0.3, 0.4) is 0 Å². The van der Waals surface area contributed by atoms with E-state index in [1.807, 2.05) is 19.9 Å². The highest BCUT2D eigenvalue weighted by Gasteiger charge is 2.06. The Bertz CT molecular complexity index is 699. The summed E-state index contributed by atoms with van der Waals surface area (Å²) in [7, 11) is 1.69. The molecule has 0 amide bonds. The molecular weight excluding hydrogens is 346 g/mol. The first-order chi connectivity index (χ1) is 12.0. The standard InChI is InChI=1S/C17H22F2N4OS/c1-11-12(2)25-16(23-11)9-22-17(20-3)21-8-13-5-4-6-14(7-13)24-10-15(18)19/h4-7,15H,8-10H2,1-3H3,(H2,20,21,22). The zero-order valence-electron chi connectivity index (χ0n) is 14.5. The van der Waals surface area contributed by atoms with Gasteiger partial charge in [0.2, 0.25) is 0 Å². The molecule has 0 aliphatic heterocycles. The minimum Gasteiger partial charge on any atom is -0.488 e. The van der Waals surface area contributed by atoms with E-state index in [4.69, 9.17) is 4.74 Å². The number of ether oxygens (including phenoxy) is 1.